The lowest BCUT2D eigenvalue weighted by Crippen LogP contribution is -2.22. The second kappa shape index (κ2) is 10.3. The lowest BCUT2D eigenvalue weighted by molar-refractivity contribution is -0.119. The fraction of sp³-hybridized carbons (Fsp3) is 0.200. The van der Waals surface area contributed by atoms with E-state index in [1.54, 1.807) is 24.3 Å². The molecule has 0 radical (unpaired) electrons. The number of hydrogen-bond donors (Lipinski definition) is 1. The van der Waals surface area contributed by atoms with Crippen LogP contribution in [0.1, 0.15) is 34.0 Å². The predicted octanol–water partition coefficient (Wildman–Crippen LogP) is 4.93. The molecule has 1 amide bonds. The van der Waals surface area contributed by atoms with Gasteiger partial charge in [-0.25, -0.2) is 4.79 Å². The van der Waals surface area contributed by atoms with Crippen LogP contribution in [0.5, 0.6) is 5.75 Å². The average Bonchev–Trinajstić information content (AvgIpc) is 2.78. The standard InChI is InChI=1S/C25H25NO4/c1-3-20-12-7-9-18(2)24(20)26-23(27)17-30-25(28)21-13-8-14-22(15-21)29-16-19-10-5-4-6-11-19/h4-15H,3,16-17H2,1-2H3,(H,26,27). The molecule has 3 aromatic carbocycles. The number of anilines is 1. The first-order valence-electron chi connectivity index (χ1n) is 9.89. The van der Waals surface area contributed by atoms with Gasteiger partial charge < -0.3 is 14.8 Å². The van der Waals surface area contributed by atoms with Gasteiger partial charge in [0.05, 0.1) is 5.56 Å². The number of ether oxygens (including phenoxy) is 2. The molecule has 0 spiro atoms. The molecular formula is C25H25NO4. The van der Waals surface area contributed by atoms with Gasteiger partial charge in [0.1, 0.15) is 12.4 Å². The van der Waals surface area contributed by atoms with Gasteiger partial charge in [0, 0.05) is 5.69 Å². The molecule has 0 atom stereocenters. The number of carbonyl (C=O) groups is 2. The lowest BCUT2D eigenvalue weighted by Gasteiger charge is -2.13. The zero-order valence-corrected chi connectivity index (χ0v) is 17.2. The van der Waals surface area contributed by atoms with Gasteiger partial charge in [-0.15, -0.1) is 0 Å². The maximum absolute atomic E-state index is 12.4. The summed E-state index contributed by atoms with van der Waals surface area (Å²) in [7, 11) is 0. The molecule has 30 heavy (non-hydrogen) atoms. The van der Waals surface area contributed by atoms with Crippen LogP contribution in [0, 0.1) is 6.92 Å². The maximum atomic E-state index is 12.4. The van der Waals surface area contributed by atoms with E-state index in [0.29, 0.717) is 17.9 Å². The molecule has 0 aliphatic carbocycles. The number of aryl methyl sites for hydroxylation is 2. The van der Waals surface area contributed by atoms with Gasteiger partial charge in [-0.1, -0.05) is 61.5 Å². The number of para-hydroxylation sites is 1. The highest BCUT2D eigenvalue weighted by molar-refractivity contribution is 5.96. The molecule has 0 aromatic heterocycles. The Kier molecular flexibility index (Phi) is 7.22. The number of amides is 1. The highest BCUT2D eigenvalue weighted by Crippen LogP contribution is 2.21. The summed E-state index contributed by atoms with van der Waals surface area (Å²) < 4.78 is 10.9. The molecule has 3 aromatic rings. The molecule has 5 nitrogen and oxygen atoms in total. The third-order valence-corrected chi connectivity index (χ3v) is 4.66. The summed E-state index contributed by atoms with van der Waals surface area (Å²) in [5.74, 6) is -0.384. The van der Waals surface area contributed by atoms with E-state index in [9.17, 15) is 9.59 Å². The molecule has 0 aliphatic heterocycles. The topological polar surface area (TPSA) is 64.6 Å². The molecule has 0 aliphatic rings. The summed E-state index contributed by atoms with van der Waals surface area (Å²) in [4.78, 5) is 24.6. The Hall–Kier alpha value is -3.60. The second-order valence-electron chi connectivity index (χ2n) is 6.89. The maximum Gasteiger partial charge on any atom is 0.338 e. The molecule has 154 valence electrons. The minimum absolute atomic E-state index is 0.332. The number of benzene rings is 3. The Morgan fingerprint density at radius 2 is 1.70 bits per heavy atom. The van der Waals surface area contributed by atoms with Crippen molar-refractivity contribution in [1.29, 1.82) is 0 Å². The third kappa shape index (κ3) is 5.70. The van der Waals surface area contributed by atoms with Gasteiger partial charge in [0.25, 0.3) is 5.91 Å². The Morgan fingerprint density at radius 1 is 0.933 bits per heavy atom. The molecule has 0 bridgehead atoms. The van der Waals surface area contributed by atoms with E-state index in [-0.39, 0.29) is 12.5 Å². The van der Waals surface area contributed by atoms with Crippen LogP contribution in [0.3, 0.4) is 0 Å². The van der Waals surface area contributed by atoms with E-state index in [1.807, 2.05) is 62.4 Å². The molecule has 5 heteroatoms. The van der Waals surface area contributed by atoms with Crippen molar-refractivity contribution in [2.75, 3.05) is 11.9 Å². The first kappa shape index (κ1) is 21.1. The van der Waals surface area contributed by atoms with Gasteiger partial charge in [-0.3, -0.25) is 4.79 Å². The summed E-state index contributed by atoms with van der Waals surface area (Å²) in [6.07, 6.45) is 0.798. The summed E-state index contributed by atoms with van der Waals surface area (Å²) in [5, 5.41) is 2.85. The zero-order chi connectivity index (χ0) is 21.3. The molecule has 0 saturated carbocycles. The van der Waals surface area contributed by atoms with Gasteiger partial charge in [-0.05, 0) is 48.2 Å². The van der Waals surface area contributed by atoms with E-state index in [1.165, 1.54) is 0 Å². The van der Waals surface area contributed by atoms with Crippen molar-refractivity contribution in [3.63, 3.8) is 0 Å². The van der Waals surface area contributed by atoms with Crippen molar-refractivity contribution in [1.82, 2.24) is 0 Å². The molecule has 1 N–H and O–H groups in total. The van der Waals surface area contributed by atoms with Crippen molar-refractivity contribution in [2.24, 2.45) is 0 Å². The van der Waals surface area contributed by atoms with E-state index >= 15 is 0 Å². The van der Waals surface area contributed by atoms with Crippen molar-refractivity contribution in [3.8, 4) is 5.75 Å². The van der Waals surface area contributed by atoms with E-state index < -0.39 is 5.97 Å². The molecule has 0 fully saturated rings. The van der Waals surface area contributed by atoms with Crippen molar-refractivity contribution in [3.05, 3.63) is 95.1 Å². The number of rotatable bonds is 8. The number of nitrogens with one attached hydrogen (secondary N) is 1. The van der Waals surface area contributed by atoms with Gasteiger partial charge >= 0.3 is 5.97 Å². The largest absolute Gasteiger partial charge is 0.489 e. The van der Waals surface area contributed by atoms with Crippen LogP contribution in [0.2, 0.25) is 0 Å². The second-order valence-corrected chi connectivity index (χ2v) is 6.89. The Labute approximate surface area is 176 Å². The molecule has 3 rings (SSSR count). The van der Waals surface area contributed by atoms with Crippen LogP contribution in [-0.2, 0) is 22.6 Å². The first-order chi connectivity index (χ1) is 14.6. The van der Waals surface area contributed by atoms with E-state index in [2.05, 4.69) is 5.32 Å². The minimum Gasteiger partial charge on any atom is -0.489 e. The Balaban J connectivity index is 1.55. The number of hydrogen-bond acceptors (Lipinski definition) is 4. The average molecular weight is 403 g/mol. The highest BCUT2D eigenvalue weighted by atomic mass is 16.5. The van der Waals surface area contributed by atoms with Crippen LogP contribution in [-0.4, -0.2) is 18.5 Å². The van der Waals surface area contributed by atoms with Gasteiger partial charge in [0.15, 0.2) is 6.61 Å². The highest BCUT2D eigenvalue weighted by Gasteiger charge is 2.13. The first-order valence-corrected chi connectivity index (χ1v) is 9.89. The smallest absolute Gasteiger partial charge is 0.338 e. The molecule has 0 heterocycles. The SMILES string of the molecule is CCc1cccc(C)c1NC(=O)COC(=O)c1cccc(OCc2ccccc2)c1. The van der Waals surface area contributed by atoms with Crippen molar-refractivity contribution in [2.45, 2.75) is 26.9 Å². The fourth-order valence-electron chi connectivity index (χ4n) is 3.05. The summed E-state index contributed by atoms with van der Waals surface area (Å²) in [6, 6.07) is 22.4. The normalized spacial score (nSPS) is 10.3. The van der Waals surface area contributed by atoms with E-state index in [4.69, 9.17) is 9.47 Å². The van der Waals surface area contributed by atoms with Crippen molar-refractivity contribution >= 4 is 17.6 Å². The summed E-state index contributed by atoms with van der Waals surface area (Å²) in [5.41, 5.74) is 4.15. The lowest BCUT2D eigenvalue weighted by atomic mass is 10.1. The number of esters is 1. The number of carbonyl (C=O) groups excluding carboxylic acids is 2. The van der Waals surface area contributed by atoms with Crippen LogP contribution in [0.25, 0.3) is 0 Å². The monoisotopic (exact) mass is 403 g/mol. The Bertz CT molecular complexity index is 1010. The zero-order valence-electron chi connectivity index (χ0n) is 17.2. The molecular weight excluding hydrogens is 378 g/mol. The van der Waals surface area contributed by atoms with Crippen LogP contribution < -0.4 is 10.1 Å². The Morgan fingerprint density at radius 3 is 2.47 bits per heavy atom. The summed E-state index contributed by atoms with van der Waals surface area (Å²) in [6.45, 7) is 4.00. The van der Waals surface area contributed by atoms with Gasteiger partial charge in [0.2, 0.25) is 0 Å². The third-order valence-electron chi connectivity index (χ3n) is 4.66. The van der Waals surface area contributed by atoms with Crippen LogP contribution in [0.4, 0.5) is 5.69 Å². The molecule has 0 saturated heterocycles. The quantitative estimate of drug-likeness (QED) is 0.542. The molecule has 0 unspecified atom stereocenters. The minimum atomic E-state index is -0.573. The fourth-order valence-corrected chi connectivity index (χ4v) is 3.05. The van der Waals surface area contributed by atoms with Crippen LogP contribution in [0.15, 0.2) is 72.8 Å². The summed E-state index contributed by atoms with van der Waals surface area (Å²) >= 11 is 0. The van der Waals surface area contributed by atoms with Crippen LogP contribution >= 0.6 is 0 Å². The van der Waals surface area contributed by atoms with E-state index in [0.717, 1.165) is 28.8 Å². The van der Waals surface area contributed by atoms with Crippen molar-refractivity contribution < 1.29 is 19.1 Å². The van der Waals surface area contributed by atoms with Gasteiger partial charge in [-0.2, -0.15) is 0 Å². The predicted molar refractivity (Wildman–Crippen MR) is 117 cm³/mol.